The Morgan fingerprint density at radius 1 is 1.35 bits per heavy atom. The molecule has 1 atom stereocenters. The van der Waals surface area contributed by atoms with Crippen LogP contribution in [0.15, 0.2) is 24.3 Å². The number of ether oxygens (including phenoxy) is 1. The first kappa shape index (κ1) is 15.9. The Morgan fingerprint density at radius 3 is 2.50 bits per heavy atom. The number of carbonyl (C=O) groups excluding carboxylic acids is 1. The third kappa shape index (κ3) is 6.12. The van der Waals surface area contributed by atoms with Crippen molar-refractivity contribution in [1.82, 2.24) is 5.32 Å². The fraction of sp³-hybridized carbons (Fsp3) is 0.385. The number of amides is 1. The Bertz CT molecular complexity index is 437. The Balaban J connectivity index is 2.58. The minimum absolute atomic E-state index is 0.0502. The Labute approximate surface area is 114 Å². The lowest BCUT2D eigenvalue weighted by Crippen LogP contribution is -2.30. The summed E-state index contributed by atoms with van der Waals surface area (Å²) in [5.74, 6) is -0.891. The van der Waals surface area contributed by atoms with E-state index < -0.39 is 12.6 Å². The van der Waals surface area contributed by atoms with Gasteiger partial charge in [-0.05, 0) is 30.5 Å². The van der Waals surface area contributed by atoms with E-state index in [-0.39, 0.29) is 18.2 Å². The summed E-state index contributed by atoms with van der Waals surface area (Å²) in [6, 6.07) is 5.67. The molecule has 0 saturated carbocycles. The predicted molar refractivity (Wildman–Crippen MR) is 66.6 cm³/mol. The van der Waals surface area contributed by atoms with Gasteiger partial charge in [0.1, 0.15) is 5.75 Å². The lowest BCUT2D eigenvalue weighted by atomic mass is 10.0. The van der Waals surface area contributed by atoms with E-state index in [2.05, 4.69) is 10.1 Å². The molecule has 0 fully saturated rings. The SMILES string of the molecule is O=CNC(CCC(=O)O)Cc1ccc(OC(F)F)cc1. The minimum atomic E-state index is -2.87. The zero-order valence-electron chi connectivity index (χ0n) is 10.6. The lowest BCUT2D eigenvalue weighted by Gasteiger charge is -2.15. The van der Waals surface area contributed by atoms with Crippen LogP contribution in [-0.2, 0) is 16.0 Å². The highest BCUT2D eigenvalue weighted by atomic mass is 19.3. The van der Waals surface area contributed by atoms with Crippen molar-refractivity contribution < 1.29 is 28.2 Å². The molecular formula is C13H15F2NO4. The zero-order chi connectivity index (χ0) is 15.0. The van der Waals surface area contributed by atoms with Crippen molar-refractivity contribution >= 4 is 12.4 Å². The number of hydrogen-bond acceptors (Lipinski definition) is 3. The minimum Gasteiger partial charge on any atom is -0.481 e. The van der Waals surface area contributed by atoms with Gasteiger partial charge in [-0.1, -0.05) is 12.1 Å². The largest absolute Gasteiger partial charge is 0.481 e. The number of nitrogens with one attached hydrogen (secondary N) is 1. The maximum atomic E-state index is 12.0. The summed E-state index contributed by atoms with van der Waals surface area (Å²) in [7, 11) is 0. The Hall–Kier alpha value is -2.18. The molecule has 5 nitrogen and oxygen atoms in total. The molecule has 1 aromatic rings. The first-order valence-corrected chi connectivity index (χ1v) is 5.96. The van der Waals surface area contributed by atoms with Crippen molar-refractivity contribution in [2.75, 3.05) is 0 Å². The van der Waals surface area contributed by atoms with Gasteiger partial charge >= 0.3 is 12.6 Å². The summed E-state index contributed by atoms with van der Waals surface area (Å²) in [6.45, 7) is -2.87. The number of halogens is 2. The standard InChI is InChI=1S/C13H15F2NO4/c14-13(15)20-11-4-1-9(2-5-11)7-10(16-8-17)3-6-12(18)19/h1-2,4-5,8,10,13H,3,6-7H2,(H,16,17)(H,18,19). The normalized spacial score (nSPS) is 11.9. The molecular weight excluding hydrogens is 272 g/mol. The van der Waals surface area contributed by atoms with Gasteiger partial charge in [0.05, 0.1) is 0 Å². The van der Waals surface area contributed by atoms with E-state index in [4.69, 9.17) is 5.11 Å². The molecule has 2 N–H and O–H groups in total. The first-order valence-electron chi connectivity index (χ1n) is 5.96. The quantitative estimate of drug-likeness (QED) is 0.679. The van der Waals surface area contributed by atoms with Crippen LogP contribution in [-0.4, -0.2) is 30.1 Å². The summed E-state index contributed by atoms with van der Waals surface area (Å²) >= 11 is 0. The van der Waals surface area contributed by atoms with Crippen molar-refractivity contribution in [2.24, 2.45) is 0 Å². The van der Waals surface area contributed by atoms with E-state index in [9.17, 15) is 18.4 Å². The molecule has 0 aromatic heterocycles. The summed E-state index contributed by atoms with van der Waals surface area (Å²) in [4.78, 5) is 21.0. The monoisotopic (exact) mass is 287 g/mol. The second kappa shape index (κ2) is 8.08. The van der Waals surface area contributed by atoms with Gasteiger partial charge in [-0.15, -0.1) is 0 Å². The van der Waals surface area contributed by atoms with Crippen LogP contribution < -0.4 is 10.1 Å². The lowest BCUT2D eigenvalue weighted by molar-refractivity contribution is -0.137. The molecule has 0 bridgehead atoms. The van der Waals surface area contributed by atoms with Crippen LogP contribution in [0, 0.1) is 0 Å². The maximum Gasteiger partial charge on any atom is 0.387 e. The first-order chi connectivity index (χ1) is 9.51. The molecule has 0 aliphatic heterocycles. The van der Waals surface area contributed by atoms with Gasteiger partial charge in [0.15, 0.2) is 0 Å². The summed E-state index contributed by atoms with van der Waals surface area (Å²) in [6.07, 6.45) is 1.17. The van der Waals surface area contributed by atoms with Gasteiger partial charge in [-0.25, -0.2) is 0 Å². The number of alkyl halides is 2. The van der Waals surface area contributed by atoms with Gasteiger partial charge in [0, 0.05) is 12.5 Å². The third-order valence-electron chi connectivity index (χ3n) is 2.64. The molecule has 1 aromatic carbocycles. The van der Waals surface area contributed by atoms with Crippen LogP contribution in [0.3, 0.4) is 0 Å². The van der Waals surface area contributed by atoms with Crippen molar-refractivity contribution in [3.05, 3.63) is 29.8 Å². The molecule has 1 amide bonds. The van der Waals surface area contributed by atoms with Crippen LogP contribution >= 0.6 is 0 Å². The van der Waals surface area contributed by atoms with Crippen LogP contribution in [0.25, 0.3) is 0 Å². The topological polar surface area (TPSA) is 75.6 Å². The molecule has 0 radical (unpaired) electrons. The summed E-state index contributed by atoms with van der Waals surface area (Å²) < 4.78 is 28.2. The van der Waals surface area contributed by atoms with E-state index in [0.29, 0.717) is 19.3 Å². The van der Waals surface area contributed by atoms with Crippen LogP contribution in [0.5, 0.6) is 5.75 Å². The van der Waals surface area contributed by atoms with Gasteiger partial charge in [0.25, 0.3) is 0 Å². The highest BCUT2D eigenvalue weighted by Gasteiger charge is 2.11. The van der Waals surface area contributed by atoms with E-state index in [1.165, 1.54) is 12.1 Å². The maximum absolute atomic E-state index is 12.0. The smallest absolute Gasteiger partial charge is 0.387 e. The number of aliphatic carboxylic acids is 1. The number of carbonyl (C=O) groups is 2. The molecule has 0 aliphatic rings. The second-order valence-corrected chi connectivity index (χ2v) is 4.14. The van der Waals surface area contributed by atoms with Crippen molar-refractivity contribution in [1.29, 1.82) is 0 Å². The van der Waals surface area contributed by atoms with Crippen LogP contribution in [0.1, 0.15) is 18.4 Å². The number of rotatable bonds is 9. The van der Waals surface area contributed by atoms with Gasteiger partial charge in [-0.2, -0.15) is 8.78 Å². The zero-order valence-corrected chi connectivity index (χ0v) is 10.6. The summed E-state index contributed by atoms with van der Waals surface area (Å²) in [5, 5.41) is 11.2. The molecule has 0 saturated heterocycles. The molecule has 110 valence electrons. The highest BCUT2D eigenvalue weighted by molar-refractivity contribution is 5.66. The average molecular weight is 287 g/mol. The van der Waals surface area contributed by atoms with Gasteiger partial charge in [-0.3, -0.25) is 9.59 Å². The van der Waals surface area contributed by atoms with Crippen LogP contribution in [0.4, 0.5) is 8.78 Å². The van der Waals surface area contributed by atoms with Crippen molar-refractivity contribution in [3.63, 3.8) is 0 Å². The van der Waals surface area contributed by atoms with Crippen molar-refractivity contribution in [3.8, 4) is 5.75 Å². The number of benzene rings is 1. The molecule has 0 aliphatic carbocycles. The molecule has 20 heavy (non-hydrogen) atoms. The molecule has 1 unspecified atom stereocenters. The van der Waals surface area contributed by atoms with Gasteiger partial charge in [0.2, 0.25) is 6.41 Å². The van der Waals surface area contributed by atoms with E-state index in [0.717, 1.165) is 5.56 Å². The molecule has 0 heterocycles. The Kier molecular flexibility index (Phi) is 6.42. The molecule has 0 spiro atoms. The summed E-state index contributed by atoms with van der Waals surface area (Å²) in [5.41, 5.74) is 0.788. The van der Waals surface area contributed by atoms with E-state index >= 15 is 0 Å². The molecule has 7 heteroatoms. The molecule has 1 rings (SSSR count). The van der Waals surface area contributed by atoms with Gasteiger partial charge < -0.3 is 15.2 Å². The predicted octanol–water partition coefficient (Wildman–Crippen LogP) is 1.81. The number of carboxylic acids is 1. The third-order valence-corrected chi connectivity index (χ3v) is 2.64. The number of hydrogen-bond donors (Lipinski definition) is 2. The highest BCUT2D eigenvalue weighted by Crippen LogP contribution is 2.16. The van der Waals surface area contributed by atoms with Crippen LogP contribution in [0.2, 0.25) is 0 Å². The van der Waals surface area contributed by atoms with E-state index in [1.54, 1.807) is 12.1 Å². The fourth-order valence-corrected chi connectivity index (χ4v) is 1.73. The van der Waals surface area contributed by atoms with Crippen molar-refractivity contribution in [2.45, 2.75) is 31.9 Å². The number of carboxylic acid groups (broad SMARTS) is 1. The second-order valence-electron chi connectivity index (χ2n) is 4.14. The fourth-order valence-electron chi connectivity index (χ4n) is 1.73. The Morgan fingerprint density at radius 2 is 2.00 bits per heavy atom. The van der Waals surface area contributed by atoms with E-state index in [1.807, 2.05) is 0 Å². The average Bonchev–Trinajstić information content (AvgIpc) is 2.38.